The maximum atomic E-state index is 5.08. The molecular formula is C9H11BrN2O. The summed E-state index contributed by atoms with van der Waals surface area (Å²) in [5, 5.41) is 3.35. The summed E-state index contributed by atoms with van der Waals surface area (Å²) in [6.45, 7) is 3.61. The topological polar surface area (TPSA) is 34.2 Å². The van der Waals surface area contributed by atoms with Crippen LogP contribution in [0.4, 0.5) is 5.69 Å². The second kappa shape index (κ2) is 3.64. The minimum atomic E-state index is 0.444. The van der Waals surface area contributed by atoms with Crippen molar-refractivity contribution in [1.29, 1.82) is 0 Å². The van der Waals surface area contributed by atoms with Gasteiger partial charge in [0, 0.05) is 6.20 Å². The van der Waals surface area contributed by atoms with Crippen molar-refractivity contribution in [3.8, 4) is 0 Å². The summed E-state index contributed by atoms with van der Waals surface area (Å²) < 4.78 is 5.94. The van der Waals surface area contributed by atoms with Crippen LogP contribution in [0.2, 0.25) is 0 Å². The average molecular weight is 243 g/mol. The van der Waals surface area contributed by atoms with Gasteiger partial charge in [-0.15, -0.1) is 0 Å². The molecule has 0 spiro atoms. The predicted octanol–water partition coefficient (Wildman–Crippen LogP) is 1.96. The standard InChI is InChI=1S/C9H11BrN2O/c1-6-2-8(9(10)11-3-6)12-7-4-13-5-7/h2-3,7,12H,4-5H2,1H3. The van der Waals surface area contributed by atoms with E-state index in [0.717, 1.165) is 29.1 Å². The van der Waals surface area contributed by atoms with Crippen LogP contribution in [0, 0.1) is 6.92 Å². The molecule has 0 saturated carbocycles. The van der Waals surface area contributed by atoms with Gasteiger partial charge in [-0.2, -0.15) is 0 Å². The summed E-state index contributed by atoms with van der Waals surface area (Å²) in [4.78, 5) is 4.20. The van der Waals surface area contributed by atoms with E-state index in [1.807, 2.05) is 13.1 Å². The molecule has 1 saturated heterocycles. The highest BCUT2D eigenvalue weighted by molar-refractivity contribution is 9.10. The SMILES string of the molecule is Cc1cnc(Br)c(NC2COC2)c1. The molecule has 1 aromatic heterocycles. The largest absolute Gasteiger partial charge is 0.377 e. The van der Waals surface area contributed by atoms with Crippen LogP contribution in [0.25, 0.3) is 0 Å². The lowest BCUT2D eigenvalue weighted by Gasteiger charge is -2.28. The molecule has 0 radical (unpaired) electrons. The molecule has 1 aliphatic heterocycles. The highest BCUT2D eigenvalue weighted by Crippen LogP contribution is 2.22. The summed E-state index contributed by atoms with van der Waals surface area (Å²) in [6.07, 6.45) is 1.84. The first-order valence-corrected chi connectivity index (χ1v) is 5.01. The van der Waals surface area contributed by atoms with Crippen molar-refractivity contribution >= 4 is 21.6 Å². The van der Waals surface area contributed by atoms with Crippen LogP contribution in [0.3, 0.4) is 0 Å². The number of aromatic nitrogens is 1. The van der Waals surface area contributed by atoms with Crippen molar-refractivity contribution in [3.05, 3.63) is 22.4 Å². The molecule has 0 aromatic carbocycles. The smallest absolute Gasteiger partial charge is 0.129 e. The van der Waals surface area contributed by atoms with E-state index in [-0.39, 0.29) is 0 Å². The Labute approximate surface area is 85.6 Å². The van der Waals surface area contributed by atoms with Crippen molar-refractivity contribution in [3.63, 3.8) is 0 Å². The molecule has 1 N–H and O–H groups in total. The third-order valence-corrected chi connectivity index (χ3v) is 2.61. The van der Waals surface area contributed by atoms with Crippen molar-refractivity contribution < 1.29 is 4.74 Å². The zero-order valence-electron chi connectivity index (χ0n) is 7.38. The highest BCUT2D eigenvalue weighted by atomic mass is 79.9. The van der Waals surface area contributed by atoms with E-state index >= 15 is 0 Å². The summed E-state index contributed by atoms with van der Waals surface area (Å²) in [6, 6.07) is 2.52. The minimum Gasteiger partial charge on any atom is -0.377 e. The molecule has 0 bridgehead atoms. The van der Waals surface area contributed by atoms with Crippen molar-refractivity contribution in [1.82, 2.24) is 4.98 Å². The summed E-state index contributed by atoms with van der Waals surface area (Å²) in [5.74, 6) is 0. The molecular weight excluding hydrogens is 232 g/mol. The number of halogens is 1. The number of ether oxygens (including phenoxy) is 1. The second-order valence-electron chi connectivity index (χ2n) is 3.23. The molecule has 0 aliphatic carbocycles. The predicted molar refractivity (Wildman–Crippen MR) is 54.9 cm³/mol. The number of hydrogen-bond acceptors (Lipinski definition) is 3. The van der Waals surface area contributed by atoms with E-state index in [4.69, 9.17) is 4.74 Å². The Morgan fingerprint density at radius 1 is 1.62 bits per heavy atom. The van der Waals surface area contributed by atoms with Crippen LogP contribution in [0.5, 0.6) is 0 Å². The molecule has 1 aliphatic rings. The van der Waals surface area contributed by atoms with Gasteiger partial charge in [-0.25, -0.2) is 4.98 Å². The van der Waals surface area contributed by atoms with E-state index in [1.54, 1.807) is 0 Å². The monoisotopic (exact) mass is 242 g/mol. The molecule has 1 aromatic rings. The lowest BCUT2D eigenvalue weighted by atomic mass is 10.2. The number of aryl methyl sites for hydroxylation is 1. The number of pyridine rings is 1. The first-order chi connectivity index (χ1) is 6.25. The van der Waals surface area contributed by atoms with Gasteiger partial charge in [-0.05, 0) is 34.5 Å². The number of nitrogens with one attached hydrogen (secondary N) is 1. The fourth-order valence-corrected chi connectivity index (χ4v) is 1.52. The molecule has 1 fully saturated rings. The molecule has 70 valence electrons. The van der Waals surface area contributed by atoms with Crippen LogP contribution in [0.15, 0.2) is 16.9 Å². The van der Waals surface area contributed by atoms with Gasteiger partial charge >= 0.3 is 0 Å². The van der Waals surface area contributed by atoms with Gasteiger partial charge in [0.1, 0.15) is 4.60 Å². The van der Waals surface area contributed by atoms with Crippen LogP contribution >= 0.6 is 15.9 Å². The minimum absolute atomic E-state index is 0.444. The fraction of sp³-hybridized carbons (Fsp3) is 0.444. The lowest BCUT2D eigenvalue weighted by Crippen LogP contribution is -2.40. The van der Waals surface area contributed by atoms with Gasteiger partial charge in [-0.1, -0.05) is 0 Å². The maximum absolute atomic E-state index is 5.08. The Bertz CT molecular complexity index is 312. The third kappa shape index (κ3) is 2.00. The zero-order chi connectivity index (χ0) is 9.26. The number of rotatable bonds is 2. The van der Waals surface area contributed by atoms with Gasteiger partial charge in [0.15, 0.2) is 0 Å². The molecule has 3 nitrogen and oxygen atoms in total. The Morgan fingerprint density at radius 2 is 2.38 bits per heavy atom. The average Bonchev–Trinajstić information content (AvgIpc) is 2.03. The molecule has 4 heteroatoms. The lowest BCUT2D eigenvalue weighted by molar-refractivity contribution is 0.0210. The van der Waals surface area contributed by atoms with E-state index in [0.29, 0.717) is 6.04 Å². The summed E-state index contributed by atoms with van der Waals surface area (Å²) >= 11 is 3.40. The normalized spacial score (nSPS) is 16.8. The first-order valence-electron chi connectivity index (χ1n) is 4.22. The van der Waals surface area contributed by atoms with Crippen molar-refractivity contribution in [2.24, 2.45) is 0 Å². The van der Waals surface area contributed by atoms with Gasteiger partial charge in [0.05, 0.1) is 24.9 Å². The first kappa shape index (κ1) is 8.97. The van der Waals surface area contributed by atoms with Gasteiger partial charge in [0.25, 0.3) is 0 Å². The molecule has 2 rings (SSSR count). The number of hydrogen-bond donors (Lipinski definition) is 1. The Kier molecular flexibility index (Phi) is 2.51. The van der Waals surface area contributed by atoms with Crippen LogP contribution in [0.1, 0.15) is 5.56 Å². The third-order valence-electron chi connectivity index (χ3n) is 1.97. The molecule has 0 amide bonds. The Balaban J connectivity index is 2.13. The van der Waals surface area contributed by atoms with Gasteiger partial charge in [-0.3, -0.25) is 0 Å². The molecule has 0 atom stereocenters. The molecule has 0 unspecified atom stereocenters. The van der Waals surface area contributed by atoms with Gasteiger partial charge in [0.2, 0.25) is 0 Å². The van der Waals surface area contributed by atoms with Crippen molar-refractivity contribution in [2.75, 3.05) is 18.5 Å². The van der Waals surface area contributed by atoms with Crippen molar-refractivity contribution in [2.45, 2.75) is 13.0 Å². The van der Waals surface area contributed by atoms with E-state index in [1.165, 1.54) is 0 Å². The van der Waals surface area contributed by atoms with E-state index in [9.17, 15) is 0 Å². The Hall–Kier alpha value is -0.610. The molecule has 2 heterocycles. The van der Waals surface area contributed by atoms with E-state index < -0.39 is 0 Å². The maximum Gasteiger partial charge on any atom is 0.129 e. The Morgan fingerprint density at radius 3 is 3.00 bits per heavy atom. The fourth-order valence-electron chi connectivity index (χ4n) is 1.19. The number of anilines is 1. The van der Waals surface area contributed by atoms with Crippen LogP contribution in [-0.4, -0.2) is 24.2 Å². The summed E-state index contributed by atoms with van der Waals surface area (Å²) in [7, 11) is 0. The second-order valence-corrected chi connectivity index (χ2v) is 3.98. The summed E-state index contributed by atoms with van der Waals surface area (Å²) in [5.41, 5.74) is 2.21. The molecule has 13 heavy (non-hydrogen) atoms. The van der Waals surface area contributed by atoms with Crippen LogP contribution in [-0.2, 0) is 4.74 Å². The zero-order valence-corrected chi connectivity index (χ0v) is 8.97. The highest BCUT2D eigenvalue weighted by Gasteiger charge is 2.18. The van der Waals surface area contributed by atoms with Gasteiger partial charge < -0.3 is 10.1 Å². The van der Waals surface area contributed by atoms with Crippen LogP contribution < -0.4 is 5.32 Å². The van der Waals surface area contributed by atoms with E-state index in [2.05, 4.69) is 32.3 Å². The quantitative estimate of drug-likeness (QED) is 0.806. The number of nitrogens with zero attached hydrogens (tertiary/aromatic N) is 1.